The van der Waals surface area contributed by atoms with Gasteiger partial charge in [-0.2, -0.15) is 0 Å². The van der Waals surface area contributed by atoms with E-state index in [9.17, 15) is 14.9 Å². The lowest BCUT2D eigenvalue weighted by molar-refractivity contribution is -0.385. The maximum absolute atomic E-state index is 11.5. The molecule has 0 atom stereocenters. The summed E-state index contributed by atoms with van der Waals surface area (Å²) in [6.45, 7) is 5.24. The van der Waals surface area contributed by atoms with Gasteiger partial charge in [0.15, 0.2) is 0 Å². The Labute approximate surface area is 140 Å². The Kier molecular flexibility index (Phi) is 4.87. The van der Waals surface area contributed by atoms with Crippen LogP contribution in [-0.4, -0.2) is 16.6 Å². The highest BCUT2D eigenvalue weighted by molar-refractivity contribution is 5.71. The van der Waals surface area contributed by atoms with Crippen molar-refractivity contribution in [3.63, 3.8) is 0 Å². The van der Waals surface area contributed by atoms with Crippen LogP contribution < -0.4 is 5.73 Å². The lowest BCUT2D eigenvalue weighted by atomic mass is 9.91. The molecule has 2 N–H and O–H groups in total. The Morgan fingerprint density at radius 1 is 1.25 bits per heavy atom. The zero-order valence-electron chi connectivity index (χ0n) is 13.9. The van der Waals surface area contributed by atoms with Crippen LogP contribution in [0.15, 0.2) is 42.5 Å². The van der Waals surface area contributed by atoms with E-state index in [0.717, 1.165) is 16.7 Å². The summed E-state index contributed by atoms with van der Waals surface area (Å²) in [4.78, 5) is 22.1. The number of nitrogens with zero attached hydrogens (tertiary/aromatic N) is 1. The second kappa shape index (κ2) is 6.70. The summed E-state index contributed by atoms with van der Waals surface area (Å²) in [5.74, 6) is 0. The molecule has 0 saturated carbocycles. The SMILES string of the molecule is Cc1cc(CC(C)(C)OC(N)=O)c([N+](=O)[O-])cc1-c1ccccc1. The summed E-state index contributed by atoms with van der Waals surface area (Å²) in [6.07, 6.45) is -0.706. The molecule has 1 amide bonds. The van der Waals surface area contributed by atoms with E-state index in [0.29, 0.717) is 5.56 Å². The Balaban J connectivity index is 2.48. The molecule has 0 heterocycles. The van der Waals surface area contributed by atoms with E-state index in [1.165, 1.54) is 0 Å². The van der Waals surface area contributed by atoms with Crippen molar-refractivity contribution >= 4 is 11.8 Å². The second-order valence-electron chi connectivity index (χ2n) is 6.28. The topological polar surface area (TPSA) is 95.5 Å². The molecule has 0 aliphatic rings. The van der Waals surface area contributed by atoms with E-state index in [2.05, 4.69) is 0 Å². The monoisotopic (exact) mass is 328 g/mol. The van der Waals surface area contributed by atoms with Crippen LogP contribution in [0.5, 0.6) is 0 Å². The van der Waals surface area contributed by atoms with E-state index in [4.69, 9.17) is 10.5 Å². The number of hydrogen-bond donors (Lipinski definition) is 1. The fourth-order valence-electron chi connectivity index (χ4n) is 2.76. The van der Waals surface area contributed by atoms with Crippen LogP contribution in [-0.2, 0) is 11.2 Å². The molecule has 0 aliphatic heterocycles. The highest BCUT2D eigenvalue weighted by Gasteiger charge is 2.27. The number of aryl methyl sites for hydroxylation is 1. The van der Waals surface area contributed by atoms with Gasteiger partial charge in [0, 0.05) is 18.1 Å². The average Bonchev–Trinajstić information content (AvgIpc) is 2.46. The largest absolute Gasteiger partial charge is 0.443 e. The molecule has 0 bridgehead atoms. The molecular formula is C18H20N2O4. The molecule has 0 unspecified atom stereocenters. The Morgan fingerprint density at radius 3 is 2.42 bits per heavy atom. The number of rotatable bonds is 5. The molecule has 0 radical (unpaired) electrons. The fraction of sp³-hybridized carbons (Fsp3) is 0.278. The van der Waals surface area contributed by atoms with Crippen LogP contribution in [0.3, 0.4) is 0 Å². The maximum atomic E-state index is 11.5. The van der Waals surface area contributed by atoms with Gasteiger partial charge in [0.2, 0.25) is 0 Å². The number of benzene rings is 2. The summed E-state index contributed by atoms with van der Waals surface area (Å²) in [5, 5.41) is 11.5. The second-order valence-corrected chi connectivity index (χ2v) is 6.28. The number of hydrogen-bond acceptors (Lipinski definition) is 4. The van der Waals surface area contributed by atoms with Crippen LogP contribution in [0.4, 0.5) is 10.5 Å². The molecule has 2 aromatic carbocycles. The number of nitro groups is 1. The van der Waals surface area contributed by atoms with E-state index < -0.39 is 16.6 Å². The molecule has 0 aliphatic carbocycles. The highest BCUT2D eigenvalue weighted by atomic mass is 16.6. The van der Waals surface area contributed by atoms with Crippen molar-refractivity contribution in [1.29, 1.82) is 0 Å². The van der Waals surface area contributed by atoms with Gasteiger partial charge in [-0.25, -0.2) is 4.79 Å². The molecule has 0 spiro atoms. The first-order chi connectivity index (χ1) is 11.2. The van der Waals surface area contributed by atoms with Gasteiger partial charge < -0.3 is 10.5 Å². The average molecular weight is 328 g/mol. The first kappa shape index (κ1) is 17.5. The molecule has 0 fully saturated rings. The molecule has 6 heteroatoms. The number of primary amides is 1. The minimum absolute atomic E-state index is 0.000554. The summed E-state index contributed by atoms with van der Waals surface area (Å²) < 4.78 is 5.05. The van der Waals surface area contributed by atoms with Crippen LogP contribution in [0.25, 0.3) is 11.1 Å². The third-order valence-corrected chi connectivity index (χ3v) is 3.70. The maximum Gasteiger partial charge on any atom is 0.405 e. The molecule has 6 nitrogen and oxygen atoms in total. The minimum Gasteiger partial charge on any atom is -0.443 e. The number of nitro benzene ring substituents is 1. The summed E-state index contributed by atoms with van der Waals surface area (Å²) in [7, 11) is 0. The zero-order valence-corrected chi connectivity index (χ0v) is 13.9. The van der Waals surface area contributed by atoms with Crippen LogP contribution in [0.1, 0.15) is 25.0 Å². The third kappa shape index (κ3) is 4.10. The van der Waals surface area contributed by atoms with Gasteiger partial charge in [-0.1, -0.05) is 30.3 Å². The van der Waals surface area contributed by atoms with Gasteiger partial charge in [-0.15, -0.1) is 0 Å². The molecule has 126 valence electrons. The van der Waals surface area contributed by atoms with Gasteiger partial charge >= 0.3 is 6.09 Å². The lowest BCUT2D eigenvalue weighted by Gasteiger charge is -2.24. The normalized spacial score (nSPS) is 11.1. The first-order valence-corrected chi connectivity index (χ1v) is 7.51. The standard InChI is InChI=1S/C18H20N2O4/c1-12-9-14(11-18(2,3)24-17(19)21)16(20(22)23)10-15(12)13-7-5-4-6-8-13/h4-10H,11H2,1-3H3,(H2,19,21). The van der Waals surface area contributed by atoms with Crippen molar-refractivity contribution in [3.05, 3.63) is 63.7 Å². The Hall–Kier alpha value is -2.89. The van der Waals surface area contributed by atoms with E-state index in [1.54, 1.807) is 26.0 Å². The first-order valence-electron chi connectivity index (χ1n) is 7.51. The van der Waals surface area contributed by atoms with Gasteiger partial charge in [-0.05, 0) is 43.5 Å². The van der Waals surface area contributed by atoms with Gasteiger partial charge in [0.25, 0.3) is 5.69 Å². The summed E-state index contributed by atoms with van der Waals surface area (Å²) in [5.41, 5.74) is 7.27. The van der Waals surface area contributed by atoms with Crippen LogP contribution >= 0.6 is 0 Å². The van der Waals surface area contributed by atoms with E-state index >= 15 is 0 Å². The summed E-state index contributed by atoms with van der Waals surface area (Å²) >= 11 is 0. The predicted molar refractivity (Wildman–Crippen MR) is 91.7 cm³/mol. The van der Waals surface area contributed by atoms with Gasteiger partial charge in [-0.3, -0.25) is 10.1 Å². The molecule has 2 aromatic rings. The highest BCUT2D eigenvalue weighted by Crippen LogP contribution is 2.33. The summed E-state index contributed by atoms with van der Waals surface area (Å²) in [6, 6.07) is 12.8. The number of amides is 1. The van der Waals surface area contributed by atoms with Gasteiger partial charge in [0.1, 0.15) is 5.60 Å². The van der Waals surface area contributed by atoms with Crippen LogP contribution in [0, 0.1) is 17.0 Å². The van der Waals surface area contributed by atoms with Crippen molar-refractivity contribution in [2.45, 2.75) is 32.8 Å². The molecule has 24 heavy (non-hydrogen) atoms. The number of ether oxygens (including phenoxy) is 1. The van der Waals surface area contributed by atoms with Crippen molar-refractivity contribution in [3.8, 4) is 11.1 Å². The van der Waals surface area contributed by atoms with Gasteiger partial charge in [0.05, 0.1) is 4.92 Å². The third-order valence-electron chi connectivity index (χ3n) is 3.70. The quantitative estimate of drug-likeness (QED) is 0.663. The van der Waals surface area contributed by atoms with Crippen molar-refractivity contribution in [2.75, 3.05) is 0 Å². The fourth-order valence-corrected chi connectivity index (χ4v) is 2.76. The van der Waals surface area contributed by atoms with Crippen molar-refractivity contribution in [1.82, 2.24) is 0 Å². The number of carbonyl (C=O) groups is 1. The van der Waals surface area contributed by atoms with Crippen LogP contribution in [0.2, 0.25) is 0 Å². The predicted octanol–water partition coefficient (Wildman–Crippen LogP) is 3.99. The molecule has 2 rings (SSSR count). The van der Waals surface area contributed by atoms with Crippen molar-refractivity contribution < 1.29 is 14.5 Å². The smallest absolute Gasteiger partial charge is 0.405 e. The van der Waals surface area contributed by atoms with E-state index in [-0.39, 0.29) is 12.1 Å². The lowest BCUT2D eigenvalue weighted by Crippen LogP contribution is -2.33. The number of nitrogens with two attached hydrogens (primary N) is 1. The Bertz CT molecular complexity index is 770. The zero-order chi connectivity index (χ0) is 17.9. The minimum atomic E-state index is -0.933. The van der Waals surface area contributed by atoms with Crippen molar-refractivity contribution in [2.24, 2.45) is 5.73 Å². The number of carbonyl (C=O) groups excluding carboxylic acids is 1. The van der Waals surface area contributed by atoms with E-state index in [1.807, 2.05) is 37.3 Å². The molecule has 0 aromatic heterocycles. The molecular weight excluding hydrogens is 308 g/mol. The Morgan fingerprint density at radius 2 is 1.88 bits per heavy atom. The molecule has 0 saturated heterocycles.